The molecule has 2 amide bonds. The van der Waals surface area contributed by atoms with Crippen molar-refractivity contribution in [3.8, 4) is 5.75 Å². The van der Waals surface area contributed by atoms with Crippen molar-refractivity contribution in [1.29, 1.82) is 0 Å². The normalized spacial score (nSPS) is 15.9. The Bertz CT molecular complexity index is 1020. The van der Waals surface area contributed by atoms with Crippen molar-refractivity contribution in [1.82, 2.24) is 10.6 Å². The van der Waals surface area contributed by atoms with E-state index < -0.39 is 12.0 Å². The average Bonchev–Trinajstić information content (AvgIpc) is 2.74. The van der Waals surface area contributed by atoms with Gasteiger partial charge in [-0.3, -0.25) is 0 Å². The van der Waals surface area contributed by atoms with Gasteiger partial charge in [0, 0.05) is 5.70 Å². The molecule has 0 aromatic heterocycles. The summed E-state index contributed by atoms with van der Waals surface area (Å²) in [6, 6.07) is 11.6. The summed E-state index contributed by atoms with van der Waals surface area (Å²) >= 11 is 12.0. The topological polar surface area (TPSA) is 76.7 Å². The lowest BCUT2D eigenvalue weighted by atomic mass is 9.93. The molecule has 0 saturated heterocycles. The molecule has 1 aliphatic rings. The predicted molar refractivity (Wildman–Crippen MR) is 125 cm³/mol. The van der Waals surface area contributed by atoms with Crippen molar-refractivity contribution in [2.75, 3.05) is 0 Å². The van der Waals surface area contributed by atoms with Gasteiger partial charge in [0.25, 0.3) is 0 Å². The number of allylic oxidation sites excluding steroid dienone is 1. The molecule has 2 aromatic carbocycles. The van der Waals surface area contributed by atoms with Gasteiger partial charge in [0.1, 0.15) is 12.4 Å². The van der Waals surface area contributed by atoms with Gasteiger partial charge in [-0.2, -0.15) is 0 Å². The van der Waals surface area contributed by atoms with Crippen LogP contribution in [0.25, 0.3) is 0 Å². The van der Waals surface area contributed by atoms with E-state index in [1.165, 1.54) is 0 Å². The van der Waals surface area contributed by atoms with Gasteiger partial charge >= 0.3 is 12.0 Å². The maximum Gasteiger partial charge on any atom is 0.338 e. The molecule has 1 unspecified atom stereocenters. The first kappa shape index (κ1) is 24.0. The molecule has 6 nitrogen and oxygen atoms in total. The standard InChI is InChI=1S/C24H26Cl2N2O4/c1-4-5-20-21(23(29)32-14(2)3)22(28-24(30)27-20)16-7-9-17(10-8-16)31-13-15-6-11-18(25)19(26)12-15/h6-12,14,22H,4-5,13H2,1-3H3,(H2,27,28,30). The highest BCUT2D eigenvalue weighted by molar-refractivity contribution is 6.42. The minimum absolute atomic E-state index is 0.270. The minimum Gasteiger partial charge on any atom is -0.489 e. The second kappa shape index (κ2) is 10.7. The number of amides is 2. The molecule has 8 heteroatoms. The first-order valence-electron chi connectivity index (χ1n) is 10.5. The molecule has 1 aliphatic heterocycles. The van der Waals surface area contributed by atoms with E-state index in [1.807, 2.05) is 25.1 Å². The van der Waals surface area contributed by atoms with E-state index in [4.69, 9.17) is 32.7 Å². The van der Waals surface area contributed by atoms with Crippen LogP contribution in [0, 0.1) is 0 Å². The number of halogens is 2. The summed E-state index contributed by atoms with van der Waals surface area (Å²) < 4.78 is 11.3. The van der Waals surface area contributed by atoms with E-state index in [9.17, 15) is 9.59 Å². The van der Waals surface area contributed by atoms with Crippen LogP contribution < -0.4 is 15.4 Å². The summed E-state index contributed by atoms with van der Waals surface area (Å²) in [6.07, 6.45) is 1.08. The zero-order valence-corrected chi connectivity index (χ0v) is 19.7. The van der Waals surface area contributed by atoms with Gasteiger partial charge in [0.2, 0.25) is 0 Å². The van der Waals surface area contributed by atoms with Crippen LogP contribution in [0.3, 0.4) is 0 Å². The number of esters is 1. The second-order valence-corrected chi connectivity index (χ2v) is 8.55. The van der Waals surface area contributed by atoms with Crippen molar-refractivity contribution < 1.29 is 19.1 Å². The molecular formula is C24H26Cl2N2O4. The molecule has 170 valence electrons. The smallest absolute Gasteiger partial charge is 0.338 e. The molecule has 32 heavy (non-hydrogen) atoms. The fraction of sp³-hybridized carbons (Fsp3) is 0.333. The van der Waals surface area contributed by atoms with Gasteiger partial charge in [-0.15, -0.1) is 0 Å². The number of carbonyl (C=O) groups excluding carboxylic acids is 2. The summed E-state index contributed by atoms with van der Waals surface area (Å²) in [5, 5.41) is 6.57. The number of hydrogen-bond donors (Lipinski definition) is 2. The number of rotatable bonds is 8. The maximum atomic E-state index is 12.8. The molecule has 2 N–H and O–H groups in total. The molecule has 1 heterocycles. The van der Waals surface area contributed by atoms with Crippen molar-refractivity contribution in [3.05, 3.63) is 74.9 Å². The summed E-state index contributed by atoms with van der Waals surface area (Å²) in [7, 11) is 0. The van der Waals surface area contributed by atoms with Crippen molar-refractivity contribution in [2.24, 2.45) is 0 Å². The van der Waals surface area contributed by atoms with E-state index in [0.29, 0.717) is 40.1 Å². The predicted octanol–water partition coefficient (Wildman–Crippen LogP) is 5.93. The Morgan fingerprint density at radius 1 is 1.09 bits per heavy atom. The highest BCUT2D eigenvalue weighted by Crippen LogP contribution is 2.31. The molecule has 2 aromatic rings. The Morgan fingerprint density at radius 3 is 2.44 bits per heavy atom. The maximum absolute atomic E-state index is 12.8. The summed E-state index contributed by atoms with van der Waals surface area (Å²) in [5.41, 5.74) is 2.66. The van der Waals surface area contributed by atoms with Crippen LogP contribution in [0.5, 0.6) is 5.75 Å². The Morgan fingerprint density at radius 2 is 1.81 bits per heavy atom. The third kappa shape index (κ3) is 5.96. The van der Waals surface area contributed by atoms with Crippen molar-refractivity contribution >= 4 is 35.2 Å². The molecule has 0 saturated carbocycles. The minimum atomic E-state index is -0.610. The number of urea groups is 1. The lowest BCUT2D eigenvalue weighted by molar-refractivity contribution is -0.143. The summed E-state index contributed by atoms with van der Waals surface area (Å²) in [6.45, 7) is 5.90. The molecule has 0 bridgehead atoms. The highest BCUT2D eigenvalue weighted by atomic mass is 35.5. The molecular weight excluding hydrogens is 451 g/mol. The van der Waals surface area contributed by atoms with Gasteiger partial charge in [0.15, 0.2) is 0 Å². The van der Waals surface area contributed by atoms with Crippen LogP contribution in [0.4, 0.5) is 4.79 Å². The van der Waals surface area contributed by atoms with Gasteiger partial charge in [-0.25, -0.2) is 9.59 Å². The van der Waals surface area contributed by atoms with Gasteiger partial charge < -0.3 is 20.1 Å². The van der Waals surface area contributed by atoms with Crippen LogP contribution in [0.15, 0.2) is 53.7 Å². The Hall–Kier alpha value is -2.70. The van der Waals surface area contributed by atoms with E-state index in [2.05, 4.69) is 10.6 Å². The first-order valence-corrected chi connectivity index (χ1v) is 11.2. The number of carbonyl (C=O) groups is 2. The summed E-state index contributed by atoms with van der Waals surface area (Å²) in [5.74, 6) is 0.199. The monoisotopic (exact) mass is 476 g/mol. The number of ether oxygens (including phenoxy) is 2. The summed E-state index contributed by atoms with van der Waals surface area (Å²) in [4.78, 5) is 25.1. The number of nitrogens with one attached hydrogen (secondary N) is 2. The van der Waals surface area contributed by atoms with E-state index in [0.717, 1.165) is 17.5 Å². The third-order valence-electron chi connectivity index (χ3n) is 4.82. The first-order chi connectivity index (χ1) is 15.3. The fourth-order valence-corrected chi connectivity index (χ4v) is 3.71. The largest absolute Gasteiger partial charge is 0.489 e. The second-order valence-electron chi connectivity index (χ2n) is 7.73. The highest BCUT2D eigenvalue weighted by Gasteiger charge is 2.33. The molecule has 0 spiro atoms. The van der Waals surface area contributed by atoms with Crippen LogP contribution in [-0.4, -0.2) is 18.1 Å². The van der Waals surface area contributed by atoms with E-state index in [-0.39, 0.29) is 12.1 Å². The van der Waals surface area contributed by atoms with Gasteiger partial charge in [-0.1, -0.05) is 54.7 Å². The number of benzene rings is 2. The van der Waals surface area contributed by atoms with E-state index in [1.54, 1.807) is 38.1 Å². The van der Waals surface area contributed by atoms with E-state index >= 15 is 0 Å². The average molecular weight is 477 g/mol. The molecule has 0 aliphatic carbocycles. The quantitative estimate of drug-likeness (QED) is 0.462. The molecule has 1 atom stereocenters. The van der Waals surface area contributed by atoms with Crippen molar-refractivity contribution in [2.45, 2.75) is 52.4 Å². The van der Waals surface area contributed by atoms with Crippen molar-refractivity contribution in [3.63, 3.8) is 0 Å². The van der Waals surface area contributed by atoms with Crippen LogP contribution in [0.1, 0.15) is 50.8 Å². The Labute approximate surface area is 197 Å². The zero-order valence-electron chi connectivity index (χ0n) is 18.2. The zero-order chi connectivity index (χ0) is 23.3. The van der Waals surface area contributed by atoms with Gasteiger partial charge in [0.05, 0.1) is 27.8 Å². The molecule has 0 radical (unpaired) electrons. The van der Waals surface area contributed by atoms with Crippen LogP contribution >= 0.6 is 23.2 Å². The number of hydrogen-bond acceptors (Lipinski definition) is 4. The Kier molecular flexibility index (Phi) is 8.04. The lowest BCUT2D eigenvalue weighted by Gasteiger charge is -2.30. The van der Waals surface area contributed by atoms with Crippen LogP contribution in [-0.2, 0) is 16.1 Å². The van der Waals surface area contributed by atoms with Crippen LogP contribution in [0.2, 0.25) is 10.0 Å². The Balaban J connectivity index is 1.81. The fourth-order valence-electron chi connectivity index (χ4n) is 3.39. The lowest BCUT2D eigenvalue weighted by Crippen LogP contribution is -2.46. The SMILES string of the molecule is CCCC1=C(C(=O)OC(C)C)C(c2ccc(OCc3ccc(Cl)c(Cl)c3)cc2)NC(=O)N1. The molecule has 0 fully saturated rings. The molecule has 3 rings (SSSR count). The van der Waals surface area contributed by atoms with Gasteiger partial charge in [-0.05, 0) is 55.7 Å². The third-order valence-corrected chi connectivity index (χ3v) is 5.56.